The van der Waals surface area contributed by atoms with Gasteiger partial charge in [-0.25, -0.2) is 9.97 Å². The molecule has 23 heavy (non-hydrogen) atoms. The van der Waals surface area contributed by atoms with Crippen molar-refractivity contribution in [3.8, 4) is 5.75 Å². The maximum atomic E-state index is 5.98. The summed E-state index contributed by atoms with van der Waals surface area (Å²) in [5.74, 6) is 2.19. The standard InChI is InChI=1S/C18H22N4O/c1-13-20-11-16(18(19)21-13)12-22-9-7-15(8-10-22)14-3-5-17(23-2)6-4-14/h3-7,11H,8-10,12H2,1-2H3,(H2,19,20,21). The molecule has 0 radical (unpaired) electrons. The second-order valence-electron chi connectivity index (χ2n) is 5.77. The predicted octanol–water partition coefficient (Wildman–Crippen LogP) is 2.67. The fraction of sp³-hybridized carbons (Fsp3) is 0.333. The normalized spacial score (nSPS) is 15.3. The Morgan fingerprint density at radius 1 is 1.26 bits per heavy atom. The molecule has 0 spiro atoms. The van der Waals surface area contributed by atoms with E-state index in [-0.39, 0.29) is 0 Å². The molecule has 2 heterocycles. The SMILES string of the molecule is COc1ccc(C2=CCN(Cc3cnc(C)nc3N)CC2)cc1. The highest BCUT2D eigenvalue weighted by Crippen LogP contribution is 2.25. The van der Waals surface area contributed by atoms with E-state index in [4.69, 9.17) is 10.5 Å². The summed E-state index contributed by atoms with van der Waals surface area (Å²) in [6, 6.07) is 8.25. The van der Waals surface area contributed by atoms with Crippen LogP contribution in [0.2, 0.25) is 0 Å². The van der Waals surface area contributed by atoms with Gasteiger partial charge in [-0.05, 0) is 36.6 Å². The highest BCUT2D eigenvalue weighted by atomic mass is 16.5. The summed E-state index contributed by atoms with van der Waals surface area (Å²) < 4.78 is 5.21. The highest BCUT2D eigenvalue weighted by molar-refractivity contribution is 5.67. The van der Waals surface area contributed by atoms with Gasteiger partial charge in [0.15, 0.2) is 0 Å². The predicted molar refractivity (Wildman–Crippen MR) is 92.0 cm³/mol. The van der Waals surface area contributed by atoms with E-state index in [0.29, 0.717) is 11.6 Å². The Morgan fingerprint density at radius 3 is 2.65 bits per heavy atom. The fourth-order valence-corrected chi connectivity index (χ4v) is 2.80. The van der Waals surface area contributed by atoms with Crippen molar-refractivity contribution in [2.45, 2.75) is 19.9 Å². The number of ether oxygens (including phenoxy) is 1. The Morgan fingerprint density at radius 2 is 2.04 bits per heavy atom. The summed E-state index contributed by atoms with van der Waals surface area (Å²) in [5.41, 5.74) is 9.63. The number of nitrogen functional groups attached to an aromatic ring is 1. The van der Waals surface area contributed by atoms with E-state index in [1.807, 2.05) is 25.3 Å². The van der Waals surface area contributed by atoms with E-state index >= 15 is 0 Å². The summed E-state index contributed by atoms with van der Waals surface area (Å²) in [6.07, 6.45) is 5.15. The molecular formula is C18H22N4O. The van der Waals surface area contributed by atoms with Crippen molar-refractivity contribution in [1.82, 2.24) is 14.9 Å². The van der Waals surface area contributed by atoms with Crippen molar-refractivity contribution in [1.29, 1.82) is 0 Å². The van der Waals surface area contributed by atoms with Crippen molar-refractivity contribution < 1.29 is 4.74 Å². The van der Waals surface area contributed by atoms with Crippen LogP contribution in [-0.4, -0.2) is 35.1 Å². The van der Waals surface area contributed by atoms with Crippen LogP contribution in [0.3, 0.4) is 0 Å². The van der Waals surface area contributed by atoms with Gasteiger partial charge in [0.05, 0.1) is 7.11 Å². The number of hydrogen-bond acceptors (Lipinski definition) is 5. The molecule has 1 aromatic heterocycles. The average molecular weight is 310 g/mol. The smallest absolute Gasteiger partial charge is 0.131 e. The van der Waals surface area contributed by atoms with Crippen LogP contribution < -0.4 is 10.5 Å². The minimum absolute atomic E-state index is 0.586. The third-order valence-electron chi connectivity index (χ3n) is 4.17. The highest BCUT2D eigenvalue weighted by Gasteiger charge is 2.15. The van der Waals surface area contributed by atoms with Gasteiger partial charge in [-0.1, -0.05) is 18.2 Å². The Labute approximate surface area is 136 Å². The van der Waals surface area contributed by atoms with Gasteiger partial charge in [0, 0.05) is 31.4 Å². The molecule has 0 atom stereocenters. The van der Waals surface area contributed by atoms with Crippen LogP contribution in [-0.2, 0) is 6.54 Å². The second kappa shape index (κ2) is 6.79. The second-order valence-corrected chi connectivity index (χ2v) is 5.77. The maximum absolute atomic E-state index is 5.98. The molecule has 0 amide bonds. The summed E-state index contributed by atoms with van der Waals surface area (Å²) in [7, 11) is 1.69. The van der Waals surface area contributed by atoms with Crippen LogP contribution in [0.25, 0.3) is 5.57 Å². The van der Waals surface area contributed by atoms with Gasteiger partial charge in [0.25, 0.3) is 0 Å². The van der Waals surface area contributed by atoms with E-state index in [2.05, 4.69) is 33.1 Å². The summed E-state index contributed by atoms with van der Waals surface area (Å²) >= 11 is 0. The van der Waals surface area contributed by atoms with Gasteiger partial charge >= 0.3 is 0 Å². The minimum Gasteiger partial charge on any atom is -0.497 e. The first kappa shape index (κ1) is 15.5. The average Bonchev–Trinajstić information content (AvgIpc) is 2.58. The molecular weight excluding hydrogens is 288 g/mol. The zero-order valence-electron chi connectivity index (χ0n) is 13.6. The molecule has 5 nitrogen and oxygen atoms in total. The number of methoxy groups -OCH3 is 1. The quantitative estimate of drug-likeness (QED) is 0.940. The van der Waals surface area contributed by atoms with Crippen LogP contribution in [0.1, 0.15) is 23.4 Å². The topological polar surface area (TPSA) is 64.3 Å². The Kier molecular flexibility index (Phi) is 4.57. The van der Waals surface area contributed by atoms with Gasteiger partial charge < -0.3 is 10.5 Å². The summed E-state index contributed by atoms with van der Waals surface area (Å²) in [6.45, 7) is 4.56. The number of aromatic nitrogens is 2. The number of nitrogens with zero attached hydrogens (tertiary/aromatic N) is 3. The van der Waals surface area contributed by atoms with Crippen molar-refractivity contribution in [2.75, 3.05) is 25.9 Å². The van der Waals surface area contributed by atoms with E-state index in [0.717, 1.165) is 37.4 Å². The van der Waals surface area contributed by atoms with Crippen molar-refractivity contribution in [3.05, 3.63) is 53.5 Å². The molecule has 1 aliphatic heterocycles. The first-order valence-electron chi connectivity index (χ1n) is 7.79. The van der Waals surface area contributed by atoms with Crippen LogP contribution in [0.5, 0.6) is 5.75 Å². The third kappa shape index (κ3) is 3.68. The number of anilines is 1. The molecule has 0 bridgehead atoms. The van der Waals surface area contributed by atoms with Gasteiger partial charge in [0.1, 0.15) is 17.4 Å². The molecule has 2 aromatic rings. The van der Waals surface area contributed by atoms with Crippen molar-refractivity contribution >= 4 is 11.4 Å². The number of nitrogens with two attached hydrogens (primary N) is 1. The molecule has 3 rings (SSSR count). The molecule has 0 saturated heterocycles. The maximum Gasteiger partial charge on any atom is 0.131 e. The fourth-order valence-electron chi connectivity index (χ4n) is 2.80. The lowest BCUT2D eigenvalue weighted by Gasteiger charge is -2.26. The molecule has 0 unspecified atom stereocenters. The third-order valence-corrected chi connectivity index (χ3v) is 4.17. The van der Waals surface area contributed by atoms with Crippen molar-refractivity contribution in [3.63, 3.8) is 0 Å². The van der Waals surface area contributed by atoms with Crippen LogP contribution in [0.4, 0.5) is 5.82 Å². The molecule has 120 valence electrons. The Balaban J connectivity index is 1.65. The number of rotatable bonds is 4. The monoisotopic (exact) mass is 310 g/mol. The van der Waals surface area contributed by atoms with E-state index in [1.54, 1.807) is 7.11 Å². The van der Waals surface area contributed by atoms with Crippen LogP contribution in [0.15, 0.2) is 36.5 Å². The molecule has 0 aliphatic carbocycles. The van der Waals surface area contributed by atoms with Crippen molar-refractivity contribution in [2.24, 2.45) is 0 Å². The van der Waals surface area contributed by atoms with Gasteiger partial charge in [-0.3, -0.25) is 4.90 Å². The van der Waals surface area contributed by atoms with Crippen LogP contribution >= 0.6 is 0 Å². The van der Waals surface area contributed by atoms with E-state index < -0.39 is 0 Å². The molecule has 5 heteroatoms. The number of benzene rings is 1. The summed E-state index contributed by atoms with van der Waals surface area (Å²) in [4.78, 5) is 10.8. The Bertz CT molecular complexity index is 709. The lowest BCUT2D eigenvalue weighted by Crippen LogP contribution is -2.28. The van der Waals surface area contributed by atoms with Gasteiger partial charge in [0.2, 0.25) is 0 Å². The zero-order chi connectivity index (χ0) is 16.2. The summed E-state index contributed by atoms with van der Waals surface area (Å²) in [5, 5.41) is 0. The van der Waals surface area contributed by atoms with Gasteiger partial charge in [-0.2, -0.15) is 0 Å². The Hall–Kier alpha value is -2.40. The molecule has 0 saturated carbocycles. The number of hydrogen-bond donors (Lipinski definition) is 1. The first-order valence-corrected chi connectivity index (χ1v) is 7.79. The van der Waals surface area contributed by atoms with Crippen LogP contribution in [0, 0.1) is 6.92 Å². The first-order chi connectivity index (χ1) is 11.2. The largest absolute Gasteiger partial charge is 0.497 e. The lowest BCUT2D eigenvalue weighted by atomic mass is 9.99. The molecule has 2 N–H and O–H groups in total. The van der Waals surface area contributed by atoms with E-state index in [9.17, 15) is 0 Å². The zero-order valence-corrected chi connectivity index (χ0v) is 13.6. The molecule has 1 aromatic carbocycles. The molecule has 0 fully saturated rings. The lowest BCUT2D eigenvalue weighted by molar-refractivity contribution is 0.293. The molecule has 1 aliphatic rings. The number of aryl methyl sites for hydroxylation is 1. The van der Waals surface area contributed by atoms with Gasteiger partial charge in [-0.15, -0.1) is 0 Å². The van der Waals surface area contributed by atoms with E-state index in [1.165, 1.54) is 11.1 Å². The minimum atomic E-state index is 0.586.